The van der Waals surface area contributed by atoms with E-state index in [1.807, 2.05) is 31.2 Å². The van der Waals surface area contributed by atoms with E-state index < -0.39 is 0 Å². The lowest BCUT2D eigenvalue weighted by atomic mass is 9.89. The Bertz CT molecular complexity index is 603. The lowest BCUT2D eigenvalue weighted by molar-refractivity contribution is -0.123. The molecule has 7 nitrogen and oxygen atoms in total. The molecule has 20 heavy (non-hydrogen) atoms. The second kappa shape index (κ2) is 5.01. The quantitative estimate of drug-likeness (QED) is 0.854. The molecular formula is C13H16N6O. The maximum absolute atomic E-state index is 12.3. The normalized spacial score (nSPS) is 21.9. The van der Waals surface area contributed by atoms with Crippen molar-refractivity contribution in [1.82, 2.24) is 25.5 Å². The molecule has 1 aliphatic heterocycles. The summed E-state index contributed by atoms with van der Waals surface area (Å²) in [6, 6.07) is 7.45. The van der Waals surface area contributed by atoms with Crippen LogP contribution in [0.4, 0.5) is 5.69 Å². The molecule has 0 spiro atoms. The maximum Gasteiger partial charge on any atom is 0.231 e. The van der Waals surface area contributed by atoms with Crippen molar-refractivity contribution in [2.45, 2.75) is 13.3 Å². The number of aromatic nitrogens is 4. The van der Waals surface area contributed by atoms with Crippen molar-refractivity contribution in [3.63, 3.8) is 0 Å². The second-order valence-electron chi connectivity index (χ2n) is 5.25. The van der Waals surface area contributed by atoms with Gasteiger partial charge < -0.3 is 10.6 Å². The number of nitrogens with one attached hydrogen (secondary N) is 2. The summed E-state index contributed by atoms with van der Waals surface area (Å²) in [6.45, 7) is 3.58. The molecule has 0 bridgehead atoms. The number of carbonyl (C=O) groups is 1. The third-order valence-corrected chi connectivity index (χ3v) is 3.63. The zero-order chi connectivity index (χ0) is 14.0. The molecule has 1 saturated heterocycles. The Morgan fingerprint density at radius 3 is 3.10 bits per heavy atom. The van der Waals surface area contributed by atoms with Crippen LogP contribution in [0.25, 0.3) is 5.69 Å². The Balaban J connectivity index is 1.78. The molecule has 1 atom stereocenters. The Morgan fingerprint density at radius 2 is 2.40 bits per heavy atom. The summed E-state index contributed by atoms with van der Waals surface area (Å²) in [5.41, 5.74) is 1.21. The van der Waals surface area contributed by atoms with Gasteiger partial charge in [0.25, 0.3) is 0 Å². The lowest BCUT2D eigenvalue weighted by Crippen LogP contribution is -2.35. The summed E-state index contributed by atoms with van der Waals surface area (Å²) in [7, 11) is 0. The zero-order valence-corrected chi connectivity index (χ0v) is 11.2. The van der Waals surface area contributed by atoms with E-state index in [2.05, 4.69) is 26.2 Å². The molecule has 1 aromatic heterocycles. The third-order valence-electron chi connectivity index (χ3n) is 3.63. The summed E-state index contributed by atoms with van der Waals surface area (Å²) in [5.74, 6) is 0.0383. The molecule has 1 aliphatic rings. The van der Waals surface area contributed by atoms with Gasteiger partial charge >= 0.3 is 0 Å². The van der Waals surface area contributed by atoms with Crippen molar-refractivity contribution in [2.24, 2.45) is 5.41 Å². The van der Waals surface area contributed by atoms with Crippen molar-refractivity contribution < 1.29 is 4.79 Å². The molecule has 2 heterocycles. The number of hydrogen-bond acceptors (Lipinski definition) is 5. The topological polar surface area (TPSA) is 84.7 Å². The van der Waals surface area contributed by atoms with Crippen LogP contribution >= 0.6 is 0 Å². The highest BCUT2D eigenvalue weighted by Crippen LogP contribution is 2.26. The van der Waals surface area contributed by atoms with E-state index >= 15 is 0 Å². The highest BCUT2D eigenvalue weighted by Gasteiger charge is 2.36. The molecule has 0 saturated carbocycles. The minimum absolute atomic E-state index is 0.0383. The van der Waals surface area contributed by atoms with Gasteiger partial charge in [-0.1, -0.05) is 6.07 Å². The Labute approximate surface area is 116 Å². The first kappa shape index (κ1) is 12.7. The van der Waals surface area contributed by atoms with Crippen molar-refractivity contribution >= 4 is 11.6 Å². The van der Waals surface area contributed by atoms with Crippen LogP contribution in [0.3, 0.4) is 0 Å². The van der Waals surface area contributed by atoms with Gasteiger partial charge in [-0.25, -0.2) is 4.68 Å². The zero-order valence-electron chi connectivity index (χ0n) is 11.2. The molecule has 1 unspecified atom stereocenters. The van der Waals surface area contributed by atoms with E-state index in [1.165, 1.54) is 6.33 Å². The van der Waals surface area contributed by atoms with E-state index in [0.29, 0.717) is 6.54 Å². The van der Waals surface area contributed by atoms with E-state index in [1.54, 1.807) is 4.68 Å². The molecule has 104 valence electrons. The highest BCUT2D eigenvalue weighted by molar-refractivity contribution is 5.95. The fraction of sp³-hybridized carbons (Fsp3) is 0.385. The number of tetrazole rings is 1. The highest BCUT2D eigenvalue weighted by atomic mass is 16.2. The van der Waals surface area contributed by atoms with Crippen molar-refractivity contribution in [3.05, 3.63) is 30.6 Å². The number of anilines is 1. The number of rotatable bonds is 3. The van der Waals surface area contributed by atoms with Crippen LogP contribution in [0.1, 0.15) is 13.3 Å². The third kappa shape index (κ3) is 2.39. The van der Waals surface area contributed by atoms with Gasteiger partial charge in [-0.2, -0.15) is 0 Å². The molecular weight excluding hydrogens is 256 g/mol. The fourth-order valence-corrected chi connectivity index (χ4v) is 2.30. The first-order valence-electron chi connectivity index (χ1n) is 6.53. The molecule has 0 aliphatic carbocycles. The van der Waals surface area contributed by atoms with Crippen LogP contribution in [0.15, 0.2) is 30.6 Å². The van der Waals surface area contributed by atoms with Crippen LogP contribution < -0.4 is 10.6 Å². The number of amides is 1. The van der Waals surface area contributed by atoms with Crippen LogP contribution in [0, 0.1) is 5.41 Å². The Hall–Kier alpha value is -2.28. The van der Waals surface area contributed by atoms with Gasteiger partial charge in [0.1, 0.15) is 6.33 Å². The van der Waals surface area contributed by atoms with E-state index in [-0.39, 0.29) is 11.3 Å². The molecule has 3 rings (SSSR count). The van der Waals surface area contributed by atoms with Crippen LogP contribution in [-0.2, 0) is 4.79 Å². The molecule has 7 heteroatoms. The largest absolute Gasteiger partial charge is 0.326 e. The van der Waals surface area contributed by atoms with Crippen LogP contribution in [0.5, 0.6) is 0 Å². The SMILES string of the molecule is CC1(C(=O)Nc2cccc(-n3cnnn3)c2)CCNC1. The van der Waals surface area contributed by atoms with Gasteiger partial charge in [-0.15, -0.1) is 5.10 Å². The number of carbonyl (C=O) groups excluding carboxylic acids is 1. The maximum atomic E-state index is 12.3. The number of hydrogen-bond donors (Lipinski definition) is 2. The summed E-state index contributed by atoms with van der Waals surface area (Å²) in [4.78, 5) is 12.3. The first-order chi connectivity index (χ1) is 9.67. The molecule has 0 radical (unpaired) electrons. The summed E-state index contributed by atoms with van der Waals surface area (Å²) >= 11 is 0. The van der Waals surface area contributed by atoms with Gasteiger partial charge in [0.2, 0.25) is 5.91 Å². The number of nitrogens with zero attached hydrogens (tertiary/aromatic N) is 4. The lowest BCUT2D eigenvalue weighted by Gasteiger charge is -2.21. The Morgan fingerprint density at radius 1 is 1.50 bits per heavy atom. The molecule has 1 aromatic carbocycles. The minimum atomic E-state index is -0.342. The molecule has 1 amide bonds. The predicted molar refractivity (Wildman–Crippen MR) is 73.4 cm³/mol. The summed E-state index contributed by atoms with van der Waals surface area (Å²) in [5, 5.41) is 17.2. The van der Waals surface area contributed by atoms with E-state index in [0.717, 1.165) is 24.3 Å². The Kier molecular flexibility index (Phi) is 3.19. The van der Waals surface area contributed by atoms with Crippen LogP contribution in [0.2, 0.25) is 0 Å². The van der Waals surface area contributed by atoms with Gasteiger partial charge in [0, 0.05) is 12.2 Å². The van der Waals surface area contributed by atoms with Gasteiger partial charge in [0.15, 0.2) is 0 Å². The summed E-state index contributed by atoms with van der Waals surface area (Å²) < 4.78 is 1.55. The molecule has 2 N–H and O–H groups in total. The molecule has 1 fully saturated rings. The van der Waals surface area contributed by atoms with Crippen molar-refractivity contribution in [2.75, 3.05) is 18.4 Å². The van der Waals surface area contributed by atoms with Crippen molar-refractivity contribution in [1.29, 1.82) is 0 Å². The summed E-state index contributed by atoms with van der Waals surface area (Å²) in [6.07, 6.45) is 2.37. The monoisotopic (exact) mass is 272 g/mol. The fourth-order valence-electron chi connectivity index (χ4n) is 2.30. The minimum Gasteiger partial charge on any atom is -0.326 e. The van der Waals surface area contributed by atoms with Crippen LogP contribution in [-0.4, -0.2) is 39.2 Å². The first-order valence-corrected chi connectivity index (χ1v) is 6.53. The standard InChI is InChI=1S/C13H16N6O/c1-13(5-6-14-8-13)12(20)16-10-3-2-4-11(7-10)19-9-15-17-18-19/h2-4,7,9,14H,5-6,8H2,1H3,(H,16,20). The van der Waals surface area contributed by atoms with Crippen molar-refractivity contribution in [3.8, 4) is 5.69 Å². The average molecular weight is 272 g/mol. The van der Waals surface area contributed by atoms with Gasteiger partial charge in [-0.3, -0.25) is 4.79 Å². The van der Waals surface area contributed by atoms with Gasteiger partial charge in [-0.05, 0) is 48.5 Å². The molecule has 2 aromatic rings. The van der Waals surface area contributed by atoms with E-state index in [9.17, 15) is 4.79 Å². The van der Waals surface area contributed by atoms with Gasteiger partial charge in [0.05, 0.1) is 11.1 Å². The average Bonchev–Trinajstić information content (AvgIpc) is 3.11. The second-order valence-corrected chi connectivity index (χ2v) is 5.25. The predicted octanol–water partition coefficient (Wildman–Crippen LogP) is 0.600. The number of benzene rings is 1. The van der Waals surface area contributed by atoms with E-state index in [4.69, 9.17) is 0 Å². The smallest absolute Gasteiger partial charge is 0.231 e.